The Kier molecular flexibility index (Phi) is 4.24. The minimum atomic E-state index is -4.65. The zero-order chi connectivity index (χ0) is 18.9. The maximum Gasteiger partial charge on any atom is 0.433 e. The Labute approximate surface area is 143 Å². The van der Waals surface area contributed by atoms with Crippen LogP contribution in [0, 0.1) is 0 Å². The molecule has 1 aromatic carbocycles. The number of alkyl halides is 3. The maximum absolute atomic E-state index is 12.7. The van der Waals surface area contributed by atoms with Crippen LogP contribution in [0.5, 0.6) is 5.75 Å². The van der Waals surface area contributed by atoms with Gasteiger partial charge in [-0.25, -0.2) is 10.4 Å². The van der Waals surface area contributed by atoms with E-state index in [2.05, 4.69) is 15.5 Å². The van der Waals surface area contributed by atoms with Crippen molar-refractivity contribution in [2.45, 2.75) is 6.18 Å². The number of hydrazone groups is 1. The molecule has 4 N–H and O–H groups in total. The molecule has 0 bridgehead atoms. The maximum atomic E-state index is 12.7. The summed E-state index contributed by atoms with van der Waals surface area (Å²) < 4.78 is 43.1. The van der Waals surface area contributed by atoms with Gasteiger partial charge in [0.2, 0.25) is 11.5 Å². The number of nitrogens with one attached hydrogen (secondary N) is 1. The fourth-order valence-corrected chi connectivity index (χ4v) is 2.15. The van der Waals surface area contributed by atoms with Gasteiger partial charge in [0.05, 0.1) is 17.3 Å². The van der Waals surface area contributed by atoms with Crippen molar-refractivity contribution in [3.05, 3.63) is 53.4 Å². The Hall–Kier alpha value is -3.56. The lowest BCUT2D eigenvalue weighted by molar-refractivity contribution is -0.141. The van der Waals surface area contributed by atoms with Crippen molar-refractivity contribution in [2.75, 3.05) is 5.73 Å². The van der Waals surface area contributed by atoms with Gasteiger partial charge in [-0.1, -0.05) is 12.1 Å². The Morgan fingerprint density at radius 3 is 2.77 bits per heavy atom. The number of phenolic OH excluding ortho intramolecular Hbond substituents is 1. The SMILES string of the molecule is Nc1c(C(=O)N/N=C/c2cccc(O)c2)oc2nc(C(F)(F)F)ccc12. The number of pyridine rings is 1. The van der Waals surface area contributed by atoms with Crippen LogP contribution < -0.4 is 11.2 Å². The molecule has 26 heavy (non-hydrogen) atoms. The van der Waals surface area contributed by atoms with Crippen molar-refractivity contribution in [2.24, 2.45) is 5.10 Å². The number of benzene rings is 1. The highest BCUT2D eigenvalue weighted by molar-refractivity contribution is 6.04. The van der Waals surface area contributed by atoms with Gasteiger partial charge in [-0.2, -0.15) is 18.3 Å². The number of hydrogen-bond donors (Lipinski definition) is 3. The second-order valence-electron chi connectivity index (χ2n) is 5.19. The topological polar surface area (TPSA) is 114 Å². The molecular weight excluding hydrogens is 353 g/mol. The molecule has 0 aliphatic rings. The van der Waals surface area contributed by atoms with Gasteiger partial charge in [0.25, 0.3) is 0 Å². The highest BCUT2D eigenvalue weighted by Gasteiger charge is 2.33. The average molecular weight is 364 g/mol. The number of fused-ring (bicyclic) bond motifs is 1. The van der Waals surface area contributed by atoms with E-state index in [1.165, 1.54) is 18.3 Å². The highest BCUT2D eigenvalue weighted by atomic mass is 19.4. The second-order valence-corrected chi connectivity index (χ2v) is 5.19. The van der Waals surface area contributed by atoms with Crippen LogP contribution in [-0.2, 0) is 6.18 Å². The van der Waals surface area contributed by atoms with Gasteiger partial charge < -0.3 is 15.3 Å². The molecule has 1 amide bonds. The van der Waals surface area contributed by atoms with Crippen LogP contribution in [0.15, 0.2) is 45.9 Å². The van der Waals surface area contributed by atoms with Gasteiger partial charge in [-0.15, -0.1) is 0 Å². The van der Waals surface area contributed by atoms with E-state index in [0.29, 0.717) is 5.56 Å². The Morgan fingerprint density at radius 2 is 2.08 bits per heavy atom. The lowest BCUT2D eigenvalue weighted by Gasteiger charge is -2.03. The zero-order valence-corrected chi connectivity index (χ0v) is 12.9. The van der Waals surface area contributed by atoms with Crippen LogP contribution >= 0.6 is 0 Å². The number of furan rings is 1. The molecule has 0 saturated carbocycles. The van der Waals surface area contributed by atoms with Crippen molar-refractivity contribution in [3.8, 4) is 5.75 Å². The lowest BCUT2D eigenvalue weighted by atomic mass is 10.2. The fourth-order valence-electron chi connectivity index (χ4n) is 2.15. The van der Waals surface area contributed by atoms with Gasteiger partial charge in [-0.3, -0.25) is 4.79 Å². The number of anilines is 1. The molecule has 134 valence electrons. The molecule has 0 radical (unpaired) electrons. The third kappa shape index (κ3) is 3.43. The summed E-state index contributed by atoms with van der Waals surface area (Å²) in [5, 5.41) is 13.1. The van der Waals surface area contributed by atoms with E-state index in [1.54, 1.807) is 12.1 Å². The fraction of sp³-hybridized carbons (Fsp3) is 0.0625. The van der Waals surface area contributed by atoms with E-state index in [0.717, 1.165) is 12.1 Å². The molecule has 0 fully saturated rings. The Bertz CT molecular complexity index is 1010. The first kappa shape index (κ1) is 17.3. The number of aromatic hydroxyl groups is 1. The van der Waals surface area contributed by atoms with Crippen LogP contribution in [0.25, 0.3) is 11.1 Å². The number of aromatic nitrogens is 1. The molecule has 0 atom stereocenters. The number of halogens is 3. The molecule has 2 heterocycles. The van der Waals surface area contributed by atoms with Gasteiger partial charge in [-0.05, 0) is 29.8 Å². The standard InChI is InChI=1S/C16H11F3N4O3/c17-16(18,19)11-5-4-10-12(20)13(26-15(10)22-11)14(25)23-21-7-8-2-1-3-9(24)6-8/h1-7,24H,20H2,(H,23,25)/b21-7+. The van der Waals surface area contributed by atoms with E-state index in [4.69, 9.17) is 10.2 Å². The third-order valence-corrected chi connectivity index (χ3v) is 3.34. The lowest BCUT2D eigenvalue weighted by Crippen LogP contribution is -2.18. The van der Waals surface area contributed by atoms with Crippen LogP contribution in [0.3, 0.4) is 0 Å². The summed E-state index contributed by atoms with van der Waals surface area (Å²) in [6.45, 7) is 0. The Morgan fingerprint density at radius 1 is 1.31 bits per heavy atom. The predicted molar refractivity (Wildman–Crippen MR) is 86.6 cm³/mol. The smallest absolute Gasteiger partial charge is 0.433 e. The van der Waals surface area contributed by atoms with E-state index in [9.17, 15) is 23.1 Å². The van der Waals surface area contributed by atoms with Gasteiger partial charge in [0, 0.05) is 0 Å². The van der Waals surface area contributed by atoms with Crippen molar-refractivity contribution in [3.63, 3.8) is 0 Å². The number of nitrogens with zero attached hydrogens (tertiary/aromatic N) is 2. The van der Waals surface area contributed by atoms with Gasteiger partial charge in [0.1, 0.15) is 11.4 Å². The minimum absolute atomic E-state index is 0.0216. The third-order valence-electron chi connectivity index (χ3n) is 3.34. The number of hydrogen-bond acceptors (Lipinski definition) is 6. The monoisotopic (exact) mass is 364 g/mol. The summed E-state index contributed by atoms with van der Waals surface area (Å²) in [7, 11) is 0. The number of rotatable bonds is 3. The number of carbonyl (C=O) groups excluding carboxylic acids is 1. The summed E-state index contributed by atoms with van der Waals surface area (Å²) in [5.41, 5.74) is 6.68. The second kappa shape index (κ2) is 6.39. The highest BCUT2D eigenvalue weighted by Crippen LogP contribution is 2.32. The largest absolute Gasteiger partial charge is 0.508 e. The number of nitrogen functional groups attached to an aromatic ring is 1. The summed E-state index contributed by atoms with van der Waals surface area (Å²) in [6, 6.07) is 7.92. The summed E-state index contributed by atoms with van der Waals surface area (Å²) in [4.78, 5) is 15.4. The van der Waals surface area contributed by atoms with E-state index < -0.39 is 29.3 Å². The zero-order valence-electron chi connectivity index (χ0n) is 12.9. The Balaban J connectivity index is 1.83. The molecule has 7 nitrogen and oxygen atoms in total. The first-order chi connectivity index (χ1) is 12.3. The summed E-state index contributed by atoms with van der Waals surface area (Å²) >= 11 is 0. The van der Waals surface area contributed by atoms with Crippen molar-refractivity contribution >= 4 is 28.9 Å². The number of amides is 1. The first-order valence-electron chi connectivity index (χ1n) is 7.14. The molecular formula is C16H11F3N4O3. The van der Waals surface area contributed by atoms with Gasteiger partial charge >= 0.3 is 12.1 Å². The molecule has 2 aromatic heterocycles. The molecule has 3 aromatic rings. The van der Waals surface area contributed by atoms with E-state index in [-0.39, 0.29) is 16.8 Å². The van der Waals surface area contributed by atoms with Crippen molar-refractivity contribution < 1.29 is 27.5 Å². The van der Waals surface area contributed by atoms with Crippen LogP contribution in [0.2, 0.25) is 0 Å². The molecule has 0 saturated heterocycles. The van der Waals surface area contributed by atoms with Crippen molar-refractivity contribution in [1.82, 2.24) is 10.4 Å². The molecule has 0 unspecified atom stereocenters. The van der Waals surface area contributed by atoms with Crippen LogP contribution in [0.1, 0.15) is 21.8 Å². The normalized spacial score (nSPS) is 12.0. The number of nitrogens with two attached hydrogens (primary N) is 1. The van der Waals surface area contributed by atoms with E-state index in [1.807, 2.05) is 0 Å². The first-order valence-corrected chi connectivity index (χ1v) is 7.14. The molecule has 0 aliphatic heterocycles. The van der Waals surface area contributed by atoms with E-state index >= 15 is 0 Å². The molecule has 0 spiro atoms. The summed E-state index contributed by atoms with van der Waals surface area (Å²) in [6.07, 6.45) is -3.39. The van der Waals surface area contributed by atoms with Crippen LogP contribution in [-0.4, -0.2) is 22.2 Å². The molecule has 0 aliphatic carbocycles. The molecule has 10 heteroatoms. The van der Waals surface area contributed by atoms with Crippen LogP contribution in [0.4, 0.5) is 18.9 Å². The summed E-state index contributed by atoms with van der Waals surface area (Å²) in [5.74, 6) is -1.24. The number of carbonyl (C=O) groups is 1. The van der Waals surface area contributed by atoms with Gasteiger partial charge in [0.15, 0.2) is 0 Å². The predicted octanol–water partition coefficient (Wildman–Crippen LogP) is 2.90. The molecule has 3 rings (SSSR count). The minimum Gasteiger partial charge on any atom is -0.508 e. The average Bonchev–Trinajstić information content (AvgIpc) is 2.90. The number of phenols is 1. The quantitative estimate of drug-likeness (QED) is 0.488. The van der Waals surface area contributed by atoms with Crippen molar-refractivity contribution in [1.29, 1.82) is 0 Å².